The summed E-state index contributed by atoms with van der Waals surface area (Å²) in [6.45, 7) is 0. The quantitative estimate of drug-likeness (QED) is 0.501. The van der Waals surface area contributed by atoms with E-state index in [2.05, 4.69) is 4.43 Å². The number of rotatable bonds is 2. The van der Waals surface area contributed by atoms with E-state index >= 15 is 0 Å². The minimum Gasteiger partial charge on any atom is -0.851 e. The van der Waals surface area contributed by atoms with Gasteiger partial charge in [-0.05, 0) is 21.2 Å². The fourth-order valence-corrected chi connectivity index (χ4v) is 1.35. The molecule has 0 aliphatic carbocycles. The van der Waals surface area contributed by atoms with Crippen molar-refractivity contribution in [2.45, 2.75) is 0 Å². The fraction of sp³-hybridized carbons (Fsp3) is 0. The molecule has 0 atom stereocenters. The molecule has 0 heterocycles. The summed E-state index contributed by atoms with van der Waals surface area (Å²) in [5, 5.41) is 0.0944. The number of benzene rings is 1. The standard InChI is InChI=1S/C6H4ClO4Si.3Na/c7-5-3-1-2-4-6(5)11-12(8,9)10;;;/h1-4H;;;/q-3;3*+1. The zero-order valence-corrected chi connectivity index (χ0v) is 16.6. The summed E-state index contributed by atoms with van der Waals surface area (Å²) in [6.07, 6.45) is 0. The first-order chi connectivity index (χ1) is 5.49. The predicted octanol–water partition coefficient (Wildman–Crippen LogP) is -10.8. The number of hydrogen-bond donors (Lipinski definition) is 0. The van der Waals surface area contributed by atoms with E-state index in [1.165, 1.54) is 18.2 Å². The van der Waals surface area contributed by atoms with Gasteiger partial charge in [0, 0.05) is 0 Å². The van der Waals surface area contributed by atoms with Crippen molar-refractivity contribution in [1.82, 2.24) is 0 Å². The normalized spacial score (nSPS) is 9.07. The Bertz CT molecular complexity index is 283. The maximum Gasteiger partial charge on any atom is 1.00 e. The molecule has 0 unspecified atom stereocenters. The van der Waals surface area contributed by atoms with Crippen LogP contribution in [0, 0.1) is 0 Å². The maximum absolute atomic E-state index is 10.2. The Hall–Kier alpha value is 2.41. The third kappa shape index (κ3) is 10.1. The molecular weight excluding hydrogens is 269 g/mol. The maximum atomic E-state index is 10.2. The molecule has 0 aliphatic rings. The van der Waals surface area contributed by atoms with Crippen molar-refractivity contribution < 1.29 is 107 Å². The van der Waals surface area contributed by atoms with E-state index in [4.69, 9.17) is 11.6 Å². The van der Waals surface area contributed by atoms with Crippen molar-refractivity contribution in [3.8, 4) is 5.75 Å². The van der Waals surface area contributed by atoms with E-state index in [0.29, 0.717) is 0 Å². The van der Waals surface area contributed by atoms with Crippen LogP contribution in [-0.2, 0) is 0 Å². The van der Waals surface area contributed by atoms with Gasteiger partial charge in [0.2, 0.25) is 0 Å². The second-order valence-corrected chi connectivity index (χ2v) is 3.64. The summed E-state index contributed by atoms with van der Waals surface area (Å²) in [5.74, 6) is -0.133. The van der Waals surface area contributed by atoms with Crippen molar-refractivity contribution >= 4 is 20.6 Å². The van der Waals surface area contributed by atoms with Crippen LogP contribution in [0.15, 0.2) is 24.3 Å². The molecule has 0 aromatic heterocycles. The van der Waals surface area contributed by atoms with Gasteiger partial charge in [0.1, 0.15) is 5.75 Å². The Morgan fingerprint density at radius 1 is 1.00 bits per heavy atom. The van der Waals surface area contributed by atoms with Crippen LogP contribution in [0.5, 0.6) is 5.75 Å². The Balaban J connectivity index is -0.000000480. The van der Waals surface area contributed by atoms with Gasteiger partial charge in [0.15, 0.2) is 0 Å². The zero-order valence-electron chi connectivity index (χ0n) is 8.82. The van der Waals surface area contributed by atoms with E-state index in [1.54, 1.807) is 6.07 Å². The van der Waals surface area contributed by atoms with Gasteiger partial charge in [-0.15, -0.1) is 0 Å². The van der Waals surface area contributed by atoms with E-state index < -0.39 is 9.05 Å². The van der Waals surface area contributed by atoms with E-state index in [1.807, 2.05) is 0 Å². The van der Waals surface area contributed by atoms with Crippen LogP contribution in [-0.4, -0.2) is 9.05 Å². The third-order valence-electron chi connectivity index (χ3n) is 1.07. The molecule has 1 rings (SSSR count). The van der Waals surface area contributed by atoms with Crippen molar-refractivity contribution in [3.63, 3.8) is 0 Å². The molecule has 0 saturated carbocycles. The molecule has 0 N–H and O–H groups in total. The van der Waals surface area contributed by atoms with Crippen LogP contribution in [0.25, 0.3) is 0 Å². The Labute approximate surface area is 160 Å². The van der Waals surface area contributed by atoms with E-state index in [9.17, 15) is 14.4 Å². The summed E-state index contributed by atoms with van der Waals surface area (Å²) in [6, 6.07) is 5.84. The van der Waals surface area contributed by atoms with Crippen molar-refractivity contribution in [1.29, 1.82) is 0 Å². The molecule has 0 saturated heterocycles. The summed E-state index contributed by atoms with van der Waals surface area (Å²) < 4.78 is 4.07. The molecule has 15 heavy (non-hydrogen) atoms. The molecule has 66 valence electrons. The number of halogens is 1. The molecular formula is C6H4ClNa3O4Si. The van der Waals surface area contributed by atoms with Gasteiger partial charge in [-0.25, -0.2) is 0 Å². The first kappa shape index (κ1) is 22.6. The van der Waals surface area contributed by atoms with Crippen LogP contribution in [0.1, 0.15) is 0 Å². The van der Waals surface area contributed by atoms with Gasteiger partial charge in [-0.1, -0.05) is 23.7 Å². The number of para-hydroxylation sites is 1. The van der Waals surface area contributed by atoms with Gasteiger partial charge in [-0.2, -0.15) is 0 Å². The topological polar surface area (TPSA) is 78.4 Å². The Morgan fingerprint density at radius 3 is 1.87 bits per heavy atom. The minimum absolute atomic E-state index is 0. The summed E-state index contributed by atoms with van der Waals surface area (Å²) >= 11 is 5.51. The summed E-state index contributed by atoms with van der Waals surface area (Å²) in [7, 11) is -5.26. The van der Waals surface area contributed by atoms with Gasteiger partial charge in [-0.3, -0.25) is 0 Å². The molecule has 0 radical (unpaired) electrons. The van der Waals surface area contributed by atoms with Crippen LogP contribution in [0.2, 0.25) is 5.02 Å². The van der Waals surface area contributed by atoms with Crippen LogP contribution < -0.4 is 107 Å². The van der Waals surface area contributed by atoms with Crippen molar-refractivity contribution in [2.24, 2.45) is 0 Å². The van der Waals surface area contributed by atoms with Crippen LogP contribution in [0.3, 0.4) is 0 Å². The first-order valence-electron chi connectivity index (χ1n) is 3.04. The average molecular weight is 273 g/mol. The molecule has 0 spiro atoms. The third-order valence-corrected chi connectivity index (χ3v) is 1.85. The summed E-state index contributed by atoms with van der Waals surface area (Å²) in [4.78, 5) is 30.5. The second kappa shape index (κ2) is 10.3. The molecule has 0 bridgehead atoms. The van der Waals surface area contributed by atoms with Gasteiger partial charge >= 0.3 is 88.7 Å². The Morgan fingerprint density at radius 2 is 1.47 bits per heavy atom. The fourth-order valence-electron chi connectivity index (χ4n) is 0.662. The van der Waals surface area contributed by atoms with E-state index in [0.717, 1.165) is 0 Å². The molecule has 1 aromatic carbocycles. The average Bonchev–Trinajstić information content (AvgIpc) is 1.91. The molecule has 4 nitrogen and oxygen atoms in total. The largest absolute Gasteiger partial charge is 1.00 e. The monoisotopic (exact) mass is 272 g/mol. The van der Waals surface area contributed by atoms with E-state index in [-0.39, 0.29) is 99.4 Å². The molecule has 0 fully saturated rings. The van der Waals surface area contributed by atoms with Gasteiger partial charge in [0.25, 0.3) is 0 Å². The van der Waals surface area contributed by atoms with Gasteiger partial charge < -0.3 is 18.8 Å². The zero-order chi connectivity index (χ0) is 9.19. The predicted molar refractivity (Wildman–Crippen MR) is 37.8 cm³/mol. The summed E-state index contributed by atoms with van der Waals surface area (Å²) in [5.41, 5.74) is 0. The molecule has 9 heteroatoms. The SMILES string of the molecule is [Na+].[Na+].[Na+].[O-][Si]([O-])([O-])Oc1ccccc1Cl. The van der Waals surface area contributed by atoms with Gasteiger partial charge in [0.05, 0.1) is 5.02 Å². The first-order valence-corrected chi connectivity index (χ1v) is 5.05. The molecule has 1 aromatic rings. The molecule has 0 aliphatic heterocycles. The van der Waals surface area contributed by atoms with Crippen LogP contribution in [0.4, 0.5) is 0 Å². The smallest absolute Gasteiger partial charge is 0.851 e. The minimum atomic E-state index is -5.26. The Kier molecular flexibility index (Phi) is 15.6. The van der Waals surface area contributed by atoms with Crippen molar-refractivity contribution in [2.75, 3.05) is 0 Å². The van der Waals surface area contributed by atoms with Crippen LogP contribution >= 0.6 is 11.6 Å². The molecule has 0 amide bonds. The van der Waals surface area contributed by atoms with Crippen molar-refractivity contribution in [3.05, 3.63) is 29.3 Å². The number of hydrogen-bond acceptors (Lipinski definition) is 4. The second-order valence-electron chi connectivity index (χ2n) is 2.03.